The Balaban J connectivity index is 1.36. The fourth-order valence-electron chi connectivity index (χ4n) is 5.10. The van der Waals surface area contributed by atoms with Gasteiger partial charge in [0.2, 0.25) is 0 Å². The van der Waals surface area contributed by atoms with Crippen molar-refractivity contribution in [1.82, 2.24) is 4.57 Å². The van der Waals surface area contributed by atoms with Crippen LogP contribution in [-0.2, 0) is 11.2 Å². The third-order valence-electron chi connectivity index (χ3n) is 6.99. The molecule has 1 N–H and O–H groups in total. The Morgan fingerprint density at radius 2 is 1.87 bits per heavy atom. The zero-order valence-electron chi connectivity index (χ0n) is 21.7. The number of rotatable bonds is 6. The van der Waals surface area contributed by atoms with Crippen LogP contribution in [0.5, 0.6) is 11.5 Å². The number of carbonyl (C=O) groups excluding carboxylic acids is 1. The number of likely N-dealkylation sites (N-methyl/N-ethyl adjacent to an activating group) is 1. The molecule has 0 unspecified atom stereocenters. The zero-order valence-corrected chi connectivity index (χ0v) is 21.7. The minimum absolute atomic E-state index is 0.154. The van der Waals surface area contributed by atoms with Crippen molar-refractivity contribution in [1.29, 1.82) is 0 Å². The lowest BCUT2D eigenvalue weighted by Crippen LogP contribution is -2.41. The summed E-state index contributed by atoms with van der Waals surface area (Å²) < 4.78 is 27.6. The van der Waals surface area contributed by atoms with Gasteiger partial charge in [0.1, 0.15) is 30.0 Å². The highest BCUT2D eigenvalue weighted by Crippen LogP contribution is 2.34. The van der Waals surface area contributed by atoms with Gasteiger partial charge in [-0.1, -0.05) is 6.07 Å². The molecule has 0 saturated carbocycles. The molecule has 2 heterocycles. The van der Waals surface area contributed by atoms with Crippen LogP contribution in [0.15, 0.2) is 54.6 Å². The zero-order chi connectivity index (χ0) is 27.1. The van der Waals surface area contributed by atoms with Crippen LogP contribution in [0.25, 0.3) is 10.9 Å². The molecule has 1 aliphatic heterocycles. The van der Waals surface area contributed by atoms with Crippen LogP contribution in [0.2, 0.25) is 0 Å². The number of halogens is 1. The van der Waals surface area contributed by atoms with Gasteiger partial charge >= 0.3 is 5.97 Å². The van der Waals surface area contributed by atoms with Crippen molar-refractivity contribution >= 4 is 28.5 Å². The first-order valence-corrected chi connectivity index (χ1v) is 12.4. The summed E-state index contributed by atoms with van der Waals surface area (Å²) in [4.78, 5) is 27.2. The van der Waals surface area contributed by atoms with Gasteiger partial charge in [0, 0.05) is 23.7 Å². The molecule has 4 aromatic rings. The molecule has 0 aliphatic carbocycles. The van der Waals surface area contributed by atoms with Gasteiger partial charge in [-0.15, -0.1) is 0 Å². The summed E-state index contributed by atoms with van der Waals surface area (Å²) in [5, 5.41) is 9.79. The lowest BCUT2D eigenvalue weighted by atomic mass is 10.1. The highest BCUT2D eigenvalue weighted by atomic mass is 19.1. The normalized spacial score (nSPS) is 14.8. The minimum Gasteiger partial charge on any atom is -0.490 e. The molecular formula is C30H29FN2O5. The number of hydrogen-bond donors (Lipinski definition) is 1. The predicted octanol–water partition coefficient (Wildman–Crippen LogP) is 5.30. The van der Waals surface area contributed by atoms with Crippen LogP contribution >= 0.6 is 0 Å². The number of aromatic nitrogens is 1. The van der Waals surface area contributed by atoms with Crippen molar-refractivity contribution < 1.29 is 28.6 Å². The average molecular weight is 517 g/mol. The van der Waals surface area contributed by atoms with E-state index in [0.29, 0.717) is 52.2 Å². The highest BCUT2D eigenvalue weighted by molar-refractivity contribution is 6.05. The quantitative estimate of drug-likeness (QED) is 0.375. The molecule has 1 aromatic heterocycles. The van der Waals surface area contributed by atoms with Gasteiger partial charge in [0.05, 0.1) is 24.2 Å². The summed E-state index contributed by atoms with van der Waals surface area (Å²) in [5.41, 5.74) is 4.76. The van der Waals surface area contributed by atoms with Gasteiger partial charge in [0.15, 0.2) is 0 Å². The molecule has 0 radical (unpaired) electrons. The molecule has 1 atom stereocenters. The van der Waals surface area contributed by atoms with E-state index in [2.05, 4.69) is 17.9 Å². The molecular weight excluding hydrogens is 487 g/mol. The summed E-state index contributed by atoms with van der Waals surface area (Å²) in [6.45, 7) is 6.58. The number of fused-ring (bicyclic) bond motifs is 2. The van der Waals surface area contributed by atoms with Gasteiger partial charge in [-0.3, -0.25) is 14.2 Å². The standard InChI is InChI=1S/C30H29FN2O5/c1-17-5-10-28-27(11-17)32(4)15-22(38-28)16-37-21-7-8-23(18(2)12-21)30(36)33-19(3)24(14-29(34)35)25-13-20(31)6-9-26(25)33/h5-13,22H,14-16H2,1-4H3,(H,34,35)/t22-/m0/s1. The maximum atomic E-state index is 14.0. The third kappa shape index (κ3) is 4.69. The fraction of sp³-hybridized carbons (Fsp3) is 0.267. The first-order chi connectivity index (χ1) is 18.1. The molecule has 0 saturated heterocycles. The molecule has 7 nitrogen and oxygen atoms in total. The van der Waals surface area contributed by atoms with Crippen LogP contribution in [0.4, 0.5) is 10.1 Å². The second kappa shape index (κ2) is 9.85. The van der Waals surface area contributed by atoms with E-state index >= 15 is 0 Å². The molecule has 196 valence electrons. The highest BCUT2D eigenvalue weighted by Gasteiger charge is 2.25. The Morgan fingerprint density at radius 3 is 2.61 bits per heavy atom. The fourth-order valence-corrected chi connectivity index (χ4v) is 5.10. The number of carboxylic acid groups (broad SMARTS) is 1. The number of aryl methyl sites for hydroxylation is 2. The lowest BCUT2D eigenvalue weighted by molar-refractivity contribution is -0.136. The summed E-state index contributed by atoms with van der Waals surface area (Å²) in [6.07, 6.45) is -0.459. The Kier molecular flexibility index (Phi) is 6.57. The number of hydrogen-bond acceptors (Lipinski definition) is 5. The van der Waals surface area contributed by atoms with E-state index in [0.717, 1.165) is 11.4 Å². The van der Waals surface area contributed by atoms with Gasteiger partial charge in [-0.2, -0.15) is 0 Å². The summed E-state index contributed by atoms with van der Waals surface area (Å²) in [5.74, 6) is -0.412. The van der Waals surface area contributed by atoms with Crippen LogP contribution < -0.4 is 14.4 Å². The Labute approximate surface area is 220 Å². The van der Waals surface area contributed by atoms with Crippen molar-refractivity contribution in [3.63, 3.8) is 0 Å². The lowest BCUT2D eigenvalue weighted by Gasteiger charge is -2.34. The predicted molar refractivity (Wildman–Crippen MR) is 143 cm³/mol. The van der Waals surface area contributed by atoms with Crippen LogP contribution in [0.1, 0.15) is 32.7 Å². The minimum atomic E-state index is -1.05. The number of benzene rings is 3. The Morgan fingerprint density at radius 1 is 1.08 bits per heavy atom. The van der Waals surface area contributed by atoms with E-state index in [9.17, 15) is 19.1 Å². The van der Waals surface area contributed by atoms with Crippen molar-refractivity contribution in [2.45, 2.75) is 33.3 Å². The second-order valence-electron chi connectivity index (χ2n) is 9.82. The molecule has 0 fully saturated rings. The first-order valence-electron chi connectivity index (χ1n) is 12.4. The molecule has 1 aliphatic rings. The topological polar surface area (TPSA) is 81.0 Å². The summed E-state index contributed by atoms with van der Waals surface area (Å²) >= 11 is 0. The first kappa shape index (κ1) is 25.3. The SMILES string of the molecule is Cc1ccc2c(c1)N(C)C[C@@H](COc1ccc(C(=O)n3c(C)c(CC(=O)O)c4cc(F)ccc43)c(C)c1)O2. The number of anilines is 1. The van der Waals surface area contributed by atoms with Crippen LogP contribution in [0.3, 0.4) is 0 Å². The number of ether oxygens (including phenoxy) is 2. The largest absolute Gasteiger partial charge is 0.490 e. The van der Waals surface area contributed by atoms with E-state index in [-0.39, 0.29) is 18.4 Å². The molecule has 5 rings (SSSR count). The van der Waals surface area contributed by atoms with E-state index in [1.54, 1.807) is 25.1 Å². The maximum Gasteiger partial charge on any atom is 0.307 e. The van der Waals surface area contributed by atoms with Crippen molar-refractivity contribution in [2.24, 2.45) is 0 Å². The average Bonchev–Trinajstić information content (AvgIpc) is 3.13. The van der Waals surface area contributed by atoms with E-state index in [1.165, 1.54) is 28.3 Å². The van der Waals surface area contributed by atoms with Gasteiger partial charge in [-0.25, -0.2) is 4.39 Å². The molecule has 0 spiro atoms. The van der Waals surface area contributed by atoms with Gasteiger partial charge < -0.3 is 19.5 Å². The molecule has 0 amide bonds. The molecule has 8 heteroatoms. The Hall–Kier alpha value is -4.33. The molecule has 3 aromatic carbocycles. The van der Waals surface area contributed by atoms with Crippen LogP contribution in [0, 0.1) is 26.6 Å². The number of nitrogens with zero attached hydrogens (tertiary/aromatic N) is 2. The van der Waals surface area contributed by atoms with Gasteiger partial charge in [-0.05, 0) is 86.0 Å². The molecule has 0 bridgehead atoms. The van der Waals surface area contributed by atoms with E-state index in [4.69, 9.17) is 9.47 Å². The molecule has 38 heavy (non-hydrogen) atoms. The Bertz CT molecular complexity index is 1570. The van der Waals surface area contributed by atoms with Crippen LogP contribution in [-0.4, -0.2) is 47.9 Å². The maximum absolute atomic E-state index is 14.0. The number of aliphatic carboxylic acids is 1. The summed E-state index contributed by atoms with van der Waals surface area (Å²) in [6, 6.07) is 15.4. The van der Waals surface area contributed by atoms with E-state index < -0.39 is 11.8 Å². The van der Waals surface area contributed by atoms with Crippen molar-refractivity contribution in [3.8, 4) is 11.5 Å². The second-order valence-corrected chi connectivity index (χ2v) is 9.82. The van der Waals surface area contributed by atoms with E-state index in [1.807, 2.05) is 26.1 Å². The number of carbonyl (C=O) groups is 2. The smallest absolute Gasteiger partial charge is 0.307 e. The van der Waals surface area contributed by atoms with Crippen molar-refractivity contribution in [3.05, 3.63) is 88.4 Å². The summed E-state index contributed by atoms with van der Waals surface area (Å²) in [7, 11) is 2.03. The van der Waals surface area contributed by atoms with Crippen molar-refractivity contribution in [2.75, 3.05) is 25.1 Å². The monoisotopic (exact) mass is 516 g/mol. The number of carboxylic acids is 1. The third-order valence-corrected chi connectivity index (χ3v) is 6.99. The van der Waals surface area contributed by atoms with Gasteiger partial charge in [0.25, 0.3) is 5.91 Å².